The third-order valence-corrected chi connectivity index (χ3v) is 5.62. The molecule has 0 atom stereocenters. The van der Waals surface area contributed by atoms with Crippen LogP contribution >= 0.6 is 0 Å². The summed E-state index contributed by atoms with van der Waals surface area (Å²) in [5, 5.41) is 7.01. The number of carbonyl (C=O) groups excluding carboxylic acids is 1. The number of nitrogens with zero attached hydrogens (tertiary/aromatic N) is 5. The van der Waals surface area contributed by atoms with Crippen molar-refractivity contribution >= 4 is 17.4 Å². The van der Waals surface area contributed by atoms with E-state index in [4.69, 9.17) is 14.5 Å². The minimum Gasteiger partial charge on any atom is -0.473 e. The maximum Gasteiger partial charge on any atom is 0.276 e. The summed E-state index contributed by atoms with van der Waals surface area (Å²) in [6, 6.07) is 1.66. The van der Waals surface area contributed by atoms with Gasteiger partial charge < -0.3 is 14.8 Å². The van der Waals surface area contributed by atoms with Crippen LogP contribution < -0.4 is 10.1 Å². The van der Waals surface area contributed by atoms with Crippen LogP contribution in [0.2, 0.25) is 0 Å². The molecule has 2 bridgehead atoms. The van der Waals surface area contributed by atoms with Crippen molar-refractivity contribution in [3.8, 4) is 5.88 Å². The Morgan fingerprint density at radius 1 is 1.31 bits per heavy atom. The van der Waals surface area contributed by atoms with Gasteiger partial charge in [0.1, 0.15) is 5.69 Å². The van der Waals surface area contributed by atoms with Crippen molar-refractivity contribution in [2.75, 3.05) is 11.9 Å². The molecule has 6 rings (SSSR count). The molecule has 0 radical (unpaired) electrons. The number of carbonyl (C=O) groups is 1. The van der Waals surface area contributed by atoms with Gasteiger partial charge in [-0.1, -0.05) is 0 Å². The standard InChI is InChI=1S/C20H24N6O3/c1-12(2)29-17-14(21-16(27)13-5-6-25(4)24-13)7-26-8-15(22-18(26)23-17)20-9-19(3,10-20)28-11-20/h5-8,12H,9-11H2,1-4H3,(H,21,27). The molecular weight excluding hydrogens is 372 g/mol. The van der Waals surface area contributed by atoms with Crippen molar-refractivity contribution in [3.05, 3.63) is 36.0 Å². The van der Waals surface area contributed by atoms with Gasteiger partial charge in [-0.15, -0.1) is 0 Å². The fraction of sp³-hybridized carbons (Fsp3) is 0.500. The molecule has 1 N–H and O–H groups in total. The fourth-order valence-corrected chi connectivity index (χ4v) is 4.44. The predicted molar refractivity (Wildman–Crippen MR) is 105 cm³/mol. The average molecular weight is 396 g/mol. The number of hydrogen-bond acceptors (Lipinski definition) is 6. The van der Waals surface area contributed by atoms with Crippen LogP contribution in [0.4, 0.5) is 5.69 Å². The summed E-state index contributed by atoms with van der Waals surface area (Å²) in [4.78, 5) is 21.9. The number of fused-ring (bicyclic) bond motifs is 2. The van der Waals surface area contributed by atoms with Gasteiger partial charge in [0, 0.05) is 31.1 Å². The summed E-state index contributed by atoms with van der Waals surface area (Å²) in [5.41, 5.74) is 1.73. The van der Waals surface area contributed by atoms with E-state index in [0.717, 1.165) is 18.5 Å². The molecule has 5 heterocycles. The highest BCUT2D eigenvalue weighted by Gasteiger charge is 2.61. The lowest BCUT2D eigenvalue weighted by Crippen LogP contribution is -2.45. The zero-order valence-corrected chi connectivity index (χ0v) is 17.0. The lowest BCUT2D eigenvalue weighted by Gasteiger charge is -2.41. The molecule has 29 heavy (non-hydrogen) atoms. The highest BCUT2D eigenvalue weighted by Crippen LogP contribution is 2.58. The van der Waals surface area contributed by atoms with E-state index in [1.807, 2.05) is 24.4 Å². The summed E-state index contributed by atoms with van der Waals surface area (Å²) >= 11 is 0. The molecule has 3 fully saturated rings. The minimum atomic E-state index is -0.321. The second-order valence-corrected chi connectivity index (χ2v) is 8.66. The summed E-state index contributed by atoms with van der Waals surface area (Å²) < 4.78 is 15.2. The number of amides is 1. The third kappa shape index (κ3) is 2.96. The predicted octanol–water partition coefficient (Wildman–Crippen LogP) is 2.32. The van der Waals surface area contributed by atoms with Crippen molar-refractivity contribution < 1.29 is 14.3 Å². The molecule has 3 aromatic rings. The fourth-order valence-electron chi connectivity index (χ4n) is 4.44. The SMILES string of the molecule is CC(C)Oc1nc2nc(C34COC(C)(C3)C4)cn2cc1NC(=O)c1ccn(C)n1. The van der Waals surface area contributed by atoms with E-state index in [2.05, 4.69) is 22.3 Å². The first-order valence-corrected chi connectivity index (χ1v) is 9.77. The first-order valence-electron chi connectivity index (χ1n) is 9.77. The van der Waals surface area contributed by atoms with Gasteiger partial charge in [-0.3, -0.25) is 13.9 Å². The second kappa shape index (κ2) is 6.03. The number of ether oxygens (including phenoxy) is 2. The van der Waals surface area contributed by atoms with Crippen LogP contribution in [0, 0.1) is 0 Å². The number of aryl methyl sites for hydroxylation is 1. The Morgan fingerprint density at radius 3 is 2.72 bits per heavy atom. The molecule has 1 saturated carbocycles. The molecule has 0 aromatic carbocycles. The normalized spacial score (nSPS) is 25.4. The number of anilines is 1. The molecule has 3 aromatic heterocycles. The van der Waals surface area contributed by atoms with Crippen molar-refractivity contribution in [1.29, 1.82) is 0 Å². The number of hydrogen-bond donors (Lipinski definition) is 1. The van der Waals surface area contributed by atoms with Gasteiger partial charge in [-0.25, -0.2) is 4.98 Å². The zero-order valence-electron chi connectivity index (χ0n) is 17.0. The Hall–Kier alpha value is -2.94. The topological polar surface area (TPSA) is 95.6 Å². The molecule has 2 saturated heterocycles. The van der Waals surface area contributed by atoms with Crippen molar-refractivity contribution in [3.63, 3.8) is 0 Å². The average Bonchev–Trinajstić information content (AvgIpc) is 3.36. The largest absolute Gasteiger partial charge is 0.473 e. The Morgan fingerprint density at radius 2 is 2.10 bits per heavy atom. The van der Waals surface area contributed by atoms with Crippen molar-refractivity contribution in [2.24, 2.45) is 7.05 Å². The van der Waals surface area contributed by atoms with Crippen LogP contribution in [0.3, 0.4) is 0 Å². The van der Waals surface area contributed by atoms with Gasteiger partial charge in [0.25, 0.3) is 5.91 Å². The van der Waals surface area contributed by atoms with Gasteiger partial charge in [-0.2, -0.15) is 10.1 Å². The molecular formula is C20H24N6O3. The smallest absolute Gasteiger partial charge is 0.276 e. The second-order valence-electron chi connectivity index (χ2n) is 8.66. The quantitative estimate of drug-likeness (QED) is 0.711. The van der Waals surface area contributed by atoms with Gasteiger partial charge in [0.2, 0.25) is 11.7 Å². The van der Waals surface area contributed by atoms with E-state index in [-0.39, 0.29) is 23.0 Å². The molecule has 3 aliphatic rings. The van der Waals surface area contributed by atoms with Crippen LogP contribution in [-0.2, 0) is 17.2 Å². The van der Waals surface area contributed by atoms with Crippen LogP contribution in [0.1, 0.15) is 49.8 Å². The van der Waals surface area contributed by atoms with Crippen LogP contribution in [-0.4, -0.2) is 48.4 Å². The Bertz CT molecular complexity index is 1110. The highest BCUT2D eigenvalue weighted by atomic mass is 16.5. The molecule has 0 unspecified atom stereocenters. The lowest BCUT2D eigenvalue weighted by molar-refractivity contribution is 0.0154. The van der Waals surface area contributed by atoms with E-state index in [1.54, 1.807) is 30.2 Å². The zero-order chi connectivity index (χ0) is 20.4. The van der Waals surface area contributed by atoms with Crippen LogP contribution in [0.25, 0.3) is 5.78 Å². The highest BCUT2D eigenvalue weighted by molar-refractivity contribution is 6.03. The molecule has 152 valence electrons. The summed E-state index contributed by atoms with van der Waals surface area (Å²) in [6.07, 6.45) is 7.34. The molecule has 1 aliphatic carbocycles. The summed E-state index contributed by atoms with van der Waals surface area (Å²) in [7, 11) is 1.77. The molecule has 2 aliphatic heterocycles. The van der Waals surface area contributed by atoms with E-state index in [9.17, 15) is 4.79 Å². The first kappa shape index (κ1) is 18.1. The number of nitrogens with one attached hydrogen (secondary N) is 1. The first-order chi connectivity index (χ1) is 13.8. The summed E-state index contributed by atoms with van der Waals surface area (Å²) in [6.45, 7) is 6.66. The van der Waals surface area contributed by atoms with Crippen LogP contribution in [0.15, 0.2) is 24.7 Å². The lowest BCUT2D eigenvalue weighted by atomic mass is 9.62. The van der Waals surface area contributed by atoms with Crippen LogP contribution in [0.5, 0.6) is 5.88 Å². The Kier molecular flexibility index (Phi) is 3.76. The van der Waals surface area contributed by atoms with Crippen molar-refractivity contribution in [1.82, 2.24) is 24.1 Å². The van der Waals surface area contributed by atoms with E-state index in [0.29, 0.717) is 29.6 Å². The van der Waals surface area contributed by atoms with E-state index in [1.165, 1.54) is 0 Å². The maximum absolute atomic E-state index is 12.6. The molecule has 9 nitrogen and oxygen atoms in total. The molecule has 1 amide bonds. The van der Waals surface area contributed by atoms with E-state index < -0.39 is 0 Å². The van der Waals surface area contributed by atoms with E-state index >= 15 is 0 Å². The molecule has 0 spiro atoms. The molecule has 9 heteroatoms. The number of rotatable bonds is 5. The maximum atomic E-state index is 12.6. The number of imidazole rings is 1. The monoisotopic (exact) mass is 396 g/mol. The summed E-state index contributed by atoms with van der Waals surface area (Å²) in [5.74, 6) is 0.562. The Labute approximate surface area is 168 Å². The minimum absolute atomic E-state index is 0.0169. The van der Waals surface area contributed by atoms with Crippen molar-refractivity contribution in [2.45, 2.75) is 50.7 Å². The Balaban J connectivity index is 1.50. The number of aromatic nitrogens is 5. The van der Waals surface area contributed by atoms with Gasteiger partial charge in [0.05, 0.1) is 24.0 Å². The van der Waals surface area contributed by atoms with Gasteiger partial charge in [-0.05, 0) is 39.7 Å². The third-order valence-electron chi connectivity index (χ3n) is 5.62. The van der Waals surface area contributed by atoms with Gasteiger partial charge in [0.15, 0.2) is 5.69 Å². The van der Waals surface area contributed by atoms with Gasteiger partial charge >= 0.3 is 0 Å².